The predicted octanol–water partition coefficient (Wildman–Crippen LogP) is 3.98. The Bertz CT molecular complexity index is 690. The molecule has 4 nitrogen and oxygen atoms in total. The summed E-state index contributed by atoms with van der Waals surface area (Å²) in [6, 6.07) is 13.1. The molecule has 0 aromatic heterocycles. The first-order valence-electron chi connectivity index (χ1n) is 7.76. The fourth-order valence-corrected chi connectivity index (χ4v) is 2.64. The molecule has 0 unspecified atom stereocenters. The number of hydrogen-bond acceptors (Lipinski definition) is 3. The summed E-state index contributed by atoms with van der Waals surface area (Å²) in [7, 11) is 0. The number of para-hydroxylation sites is 2. The van der Waals surface area contributed by atoms with Gasteiger partial charge in [-0.05, 0) is 50.2 Å². The summed E-state index contributed by atoms with van der Waals surface area (Å²) in [6.07, 6.45) is 1.66. The maximum Gasteiger partial charge on any atom is 0.227 e. The molecule has 128 valence electrons. The van der Waals surface area contributed by atoms with Crippen LogP contribution in [-0.2, 0) is 4.79 Å². The van der Waals surface area contributed by atoms with Crippen LogP contribution in [0.1, 0.15) is 12.8 Å². The minimum absolute atomic E-state index is 0. The predicted molar refractivity (Wildman–Crippen MR) is 94.4 cm³/mol. The summed E-state index contributed by atoms with van der Waals surface area (Å²) < 4.78 is 19.0. The second-order valence-electron chi connectivity index (χ2n) is 5.57. The molecule has 1 amide bonds. The molecule has 3 rings (SSSR count). The van der Waals surface area contributed by atoms with Crippen LogP contribution in [0.2, 0.25) is 0 Å². The second-order valence-corrected chi connectivity index (χ2v) is 5.57. The number of anilines is 1. The van der Waals surface area contributed by atoms with Crippen molar-refractivity contribution in [3.63, 3.8) is 0 Å². The average molecular weight is 351 g/mol. The molecule has 0 aliphatic carbocycles. The molecule has 0 spiro atoms. The van der Waals surface area contributed by atoms with Crippen molar-refractivity contribution in [1.82, 2.24) is 5.32 Å². The molecule has 0 radical (unpaired) electrons. The molecule has 1 heterocycles. The first kappa shape index (κ1) is 18.2. The van der Waals surface area contributed by atoms with Crippen molar-refractivity contribution >= 4 is 24.0 Å². The molecule has 0 bridgehead atoms. The maximum absolute atomic E-state index is 13.3. The highest BCUT2D eigenvalue weighted by molar-refractivity contribution is 5.94. The largest absolute Gasteiger partial charge is 0.455 e. The third-order valence-corrected chi connectivity index (χ3v) is 3.88. The Morgan fingerprint density at radius 3 is 2.62 bits per heavy atom. The van der Waals surface area contributed by atoms with Crippen LogP contribution >= 0.6 is 12.4 Å². The molecule has 6 heteroatoms. The third kappa shape index (κ3) is 4.69. The Labute approximate surface area is 146 Å². The van der Waals surface area contributed by atoms with E-state index < -0.39 is 0 Å². The summed E-state index contributed by atoms with van der Waals surface area (Å²) in [5, 5.41) is 6.17. The monoisotopic (exact) mass is 350 g/mol. The van der Waals surface area contributed by atoms with Crippen molar-refractivity contribution < 1.29 is 13.9 Å². The zero-order valence-electron chi connectivity index (χ0n) is 13.1. The zero-order chi connectivity index (χ0) is 16.1. The number of amides is 1. The third-order valence-electron chi connectivity index (χ3n) is 3.88. The van der Waals surface area contributed by atoms with E-state index in [0.29, 0.717) is 17.2 Å². The molecule has 0 atom stereocenters. The normalized spacial score (nSPS) is 14.5. The van der Waals surface area contributed by atoms with Gasteiger partial charge in [0, 0.05) is 12.0 Å². The van der Waals surface area contributed by atoms with E-state index in [1.807, 2.05) is 12.1 Å². The van der Waals surface area contributed by atoms with Gasteiger partial charge in [-0.15, -0.1) is 12.4 Å². The van der Waals surface area contributed by atoms with Crippen LogP contribution in [-0.4, -0.2) is 19.0 Å². The van der Waals surface area contributed by atoms with E-state index in [9.17, 15) is 9.18 Å². The molecule has 2 aromatic carbocycles. The summed E-state index contributed by atoms with van der Waals surface area (Å²) in [6.45, 7) is 1.72. The lowest BCUT2D eigenvalue weighted by Gasteiger charge is -2.22. The number of carbonyl (C=O) groups excluding carboxylic acids is 1. The highest BCUT2D eigenvalue weighted by atomic mass is 35.5. The average Bonchev–Trinajstić information content (AvgIpc) is 2.57. The van der Waals surface area contributed by atoms with Gasteiger partial charge in [0.15, 0.2) is 5.75 Å². The summed E-state index contributed by atoms with van der Waals surface area (Å²) in [5.74, 6) is 0.549. The lowest BCUT2D eigenvalue weighted by atomic mass is 9.97. The van der Waals surface area contributed by atoms with Crippen LogP contribution in [0.4, 0.5) is 10.1 Å². The molecule has 0 saturated carbocycles. The van der Waals surface area contributed by atoms with Crippen LogP contribution < -0.4 is 15.4 Å². The van der Waals surface area contributed by atoms with Crippen molar-refractivity contribution in [2.24, 2.45) is 5.92 Å². The Morgan fingerprint density at radius 2 is 1.88 bits per heavy atom. The van der Waals surface area contributed by atoms with Gasteiger partial charge in [0.2, 0.25) is 5.91 Å². The van der Waals surface area contributed by atoms with Crippen molar-refractivity contribution in [3.05, 3.63) is 54.3 Å². The number of hydrogen-bond donors (Lipinski definition) is 2. The van der Waals surface area contributed by atoms with Gasteiger partial charge < -0.3 is 15.4 Å². The number of carbonyl (C=O) groups is 1. The Morgan fingerprint density at radius 1 is 1.12 bits per heavy atom. The number of rotatable bonds is 4. The number of ether oxygens (including phenoxy) is 1. The number of nitrogens with one attached hydrogen (secondary N) is 2. The van der Waals surface area contributed by atoms with Gasteiger partial charge in [0.1, 0.15) is 11.6 Å². The first-order chi connectivity index (χ1) is 11.2. The minimum atomic E-state index is -0.362. The summed E-state index contributed by atoms with van der Waals surface area (Å²) >= 11 is 0. The molecule has 1 saturated heterocycles. The zero-order valence-corrected chi connectivity index (χ0v) is 13.9. The topological polar surface area (TPSA) is 50.4 Å². The highest BCUT2D eigenvalue weighted by Crippen LogP contribution is 2.30. The van der Waals surface area contributed by atoms with Crippen molar-refractivity contribution in [3.8, 4) is 11.5 Å². The minimum Gasteiger partial charge on any atom is -0.455 e. The number of benzene rings is 2. The second kappa shape index (κ2) is 8.66. The van der Waals surface area contributed by atoms with E-state index in [0.717, 1.165) is 25.9 Å². The molecule has 1 fully saturated rings. The van der Waals surface area contributed by atoms with E-state index in [-0.39, 0.29) is 30.0 Å². The van der Waals surface area contributed by atoms with Crippen LogP contribution in [0.25, 0.3) is 0 Å². The first-order valence-corrected chi connectivity index (χ1v) is 7.76. The lowest BCUT2D eigenvalue weighted by molar-refractivity contribution is -0.120. The van der Waals surface area contributed by atoms with Crippen molar-refractivity contribution in [1.29, 1.82) is 0 Å². The Kier molecular flexibility index (Phi) is 6.58. The Balaban J connectivity index is 0.00000208. The molecule has 24 heavy (non-hydrogen) atoms. The highest BCUT2D eigenvalue weighted by Gasteiger charge is 2.21. The molecule has 2 aromatic rings. The van der Waals surface area contributed by atoms with Crippen molar-refractivity contribution in [2.75, 3.05) is 18.4 Å². The van der Waals surface area contributed by atoms with Crippen LogP contribution in [0.3, 0.4) is 0 Å². The molecule has 2 N–H and O–H groups in total. The molecular weight excluding hydrogens is 331 g/mol. The van der Waals surface area contributed by atoms with Gasteiger partial charge in [0.05, 0.1) is 5.69 Å². The fourth-order valence-electron chi connectivity index (χ4n) is 2.64. The van der Waals surface area contributed by atoms with E-state index >= 15 is 0 Å². The van der Waals surface area contributed by atoms with Crippen LogP contribution in [0.5, 0.6) is 11.5 Å². The van der Waals surface area contributed by atoms with Gasteiger partial charge in [-0.2, -0.15) is 0 Å². The quantitative estimate of drug-likeness (QED) is 0.877. The van der Waals surface area contributed by atoms with E-state index in [4.69, 9.17) is 4.74 Å². The Hall–Kier alpha value is -2.11. The van der Waals surface area contributed by atoms with E-state index in [1.54, 1.807) is 24.3 Å². The van der Waals surface area contributed by atoms with Gasteiger partial charge in [-0.3, -0.25) is 4.79 Å². The van der Waals surface area contributed by atoms with Gasteiger partial charge in [0.25, 0.3) is 0 Å². The summed E-state index contributed by atoms with van der Waals surface area (Å²) in [4.78, 5) is 12.4. The fraction of sp³-hybridized carbons (Fsp3) is 0.278. The molecule has 1 aliphatic heterocycles. The van der Waals surface area contributed by atoms with Gasteiger partial charge >= 0.3 is 0 Å². The summed E-state index contributed by atoms with van der Waals surface area (Å²) in [5.41, 5.74) is 0.597. The number of piperidine rings is 1. The molecule has 1 aliphatic rings. The standard InChI is InChI=1S/C18H19FN2O2.ClH/c19-14-4-3-5-15(12-14)23-17-7-2-1-6-16(17)21-18(22)13-8-10-20-11-9-13;/h1-7,12-13,20H,8-11H2,(H,21,22);1H. The number of halogens is 2. The van der Waals surface area contributed by atoms with E-state index in [2.05, 4.69) is 10.6 Å². The molecular formula is C18H20ClFN2O2. The SMILES string of the molecule is Cl.O=C(Nc1ccccc1Oc1cccc(F)c1)C1CCNCC1. The van der Waals surface area contributed by atoms with Crippen LogP contribution in [0.15, 0.2) is 48.5 Å². The smallest absolute Gasteiger partial charge is 0.227 e. The maximum atomic E-state index is 13.3. The van der Waals surface area contributed by atoms with Gasteiger partial charge in [-0.25, -0.2) is 4.39 Å². The van der Waals surface area contributed by atoms with Crippen molar-refractivity contribution in [2.45, 2.75) is 12.8 Å². The van der Waals surface area contributed by atoms with E-state index in [1.165, 1.54) is 12.1 Å². The van der Waals surface area contributed by atoms with Crippen LogP contribution in [0, 0.1) is 11.7 Å². The lowest BCUT2D eigenvalue weighted by Crippen LogP contribution is -2.34. The van der Waals surface area contributed by atoms with Gasteiger partial charge in [-0.1, -0.05) is 18.2 Å².